The number of rotatable bonds is 4. The number of hydrogen-bond acceptors (Lipinski definition) is 3. The van der Waals surface area contributed by atoms with Crippen molar-refractivity contribution in [2.24, 2.45) is 0 Å². The normalized spacial score (nSPS) is 15.0. The van der Waals surface area contributed by atoms with Gasteiger partial charge in [0.15, 0.2) is 0 Å². The molecule has 0 aliphatic carbocycles. The van der Waals surface area contributed by atoms with Crippen molar-refractivity contribution in [2.75, 3.05) is 39.8 Å². The molecule has 0 aromatic heterocycles. The average molecular weight is 361 g/mol. The van der Waals surface area contributed by atoms with Crippen LogP contribution in [0.5, 0.6) is 5.75 Å². The monoisotopic (exact) mass is 361 g/mol. The van der Waals surface area contributed by atoms with Crippen molar-refractivity contribution >= 4 is 11.9 Å². The average Bonchev–Trinajstić information content (AvgIpc) is 2.64. The highest BCUT2D eigenvalue weighted by atomic mass is 16.5. The second-order valence-corrected chi connectivity index (χ2v) is 7.68. The van der Waals surface area contributed by atoms with E-state index in [4.69, 9.17) is 4.74 Å². The van der Waals surface area contributed by atoms with Crippen molar-refractivity contribution in [3.63, 3.8) is 0 Å². The minimum atomic E-state index is -0.113. The molecule has 0 unspecified atom stereocenters. The number of carbonyl (C=O) groups is 2. The first kappa shape index (κ1) is 20.1. The topological polar surface area (TPSA) is 61.9 Å². The van der Waals surface area contributed by atoms with Gasteiger partial charge in [-0.1, -0.05) is 27.7 Å². The number of amides is 3. The Hall–Kier alpha value is -2.24. The van der Waals surface area contributed by atoms with Crippen molar-refractivity contribution in [3.8, 4) is 5.75 Å². The molecule has 1 heterocycles. The lowest BCUT2D eigenvalue weighted by Gasteiger charge is -2.35. The lowest BCUT2D eigenvalue weighted by Crippen LogP contribution is -2.53. The van der Waals surface area contributed by atoms with Crippen molar-refractivity contribution < 1.29 is 14.3 Å². The molecule has 2 rings (SSSR count). The molecule has 3 amide bonds. The van der Waals surface area contributed by atoms with Gasteiger partial charge in [-0.05, 0) is 30.0 Å². The highest BCUT2D eigenvalue weighted by Crippen LogP contribution is 2.32. The molecule has 0 saturated carbocycles. The molecule has 1 aromatic rings. The highest BCUT2D eigenvalue weighted by Gasteiger charge is 2.26. The van der Waals surface area contributed by atoms with Crippen LogP contribution < -0.4 is 10.1 Å². The highest BCUT2D eigenvalue weighted by molar-refractivity contribution is 5.95. The fraction of sp³-hybridized carbons (Fsp3) is 0.600. The molecule has 1 aliphatic heterocycles. The number of carbonyl (C=O) groups excluding carboxylic acids is 2. The van der Waals surface area contributed by atoms with E-state index in [1.807, 2.05) is 30.0 Å². The summed E-state index contributed by atoms with van der Waals surface area (Å²) in [5.74, 6) is 0.804. The van der Waals surface area contributed by atoms with Crippen molar-refractivity contribution in [1.29, 1.82) is 0 Å². The molecule has 1 fully saturated rings. The fourth-order valence-electron chi connectivity index (χ4n) is 3.07. The second-order valence-electron chi connectivity index (χ2n) is 7.68. The van der Waals surface area contributed by atoms with Crippen LogP contribution in [0, 0.1) is 0 Å². The second kappa shape index (κ2) is 8.43. The van der Waals surface area contributed by atoms with Gasteiger partial charge in [0.25, 0.3) is 5.91 Å². The first-order valence-corrected chi connectivity index (χ1v) is 9.28. The van der Waals surface area contributed by atoms with Gasteiger partial charge >= 0.3 is 6.03 Å². The Kier molecular flexibility index (Phi) is 6.51. The van der Waals surface area contributed by atoms with E-state index in [0.717, 1.165) is 17.7 Å². The maximum absolute atomic E-state index is 12.9. The Morgan fingerprint density at radius 2 is 1.73 bits per heavy atom. The minimum absolute atomic E-state index is 0.00627. The van der Waals surface area contributed by atoms with Gasteiger partial charge in [0.05, 0.1) is 7.11 Å². The molecule has 1 aromatic carbocycles. The van der Waals surface area contributed by atoms with Crippen LogP contribution in [0.4, 0.5) is 4.79 Å². The van der Waals surface area contributed by atoms with Crippen molar-refractivity contribution in [2.45, 2.75) is 39.5 Å². The maximum Gasteiger partial charge on any atom is 0.317 e. The van der Waals surface area contributed by atoms with Crippen LogP contribution in [0.1, 0.15) is 50.0 Å². The molecule has 26 heavy (non-hydrogen) atoms. The van der Waals surface area contributed by atoms with Crippen molar-refractivity contribution in [3.05, 3.63) is 29.3 Å². The molecular weight excluding hydrogens is 330 g/mol. The summed E-state index contributed by atoms with van der Waals surface area (Å²) in [6, 6.07) is 5.57. The molecule has 1 saturated heterocycles. The molecule has 0 bridgehead atoms. The quantitative estimate of drug-likeness (QED) is 0.897. The fourth-order valence-corrected chi connectivity index (χ4v) is 3.07. The zero-order chi connectivity index (χ0) is 19.3. The van der Waals surface area contributed by atoms with E-state index in [1.54, 1.807) is 12.0 Å². The Morgan fingerprint density at radius 3 is 2.27 bits per heavy atom. The summed E-state index contributed by atoms with van der Waals surface area (Å²) >= 11 is 0. The number of benzene rings is 1. The smallest absolute Gasteiger partial charge is 0.317 e. The molecule has 6 nitrogen and oxygen atoms in total. The molecule has 6 heteroatoms. The van der Waals surface area contributed by atoms with Gasteiger partial charge in [-0.15, -0.1) is 0 Å². The number of urea groups is 1. The van der Waals surface area contributed by atoms with E-state index in [9.17, 15) is 9.59 Å². The van der Waals surface area contributed by atoms with Gasteiger partial charge in [0, 0.05) is 43.9 Å². The van der Waals surface area contributed by atoms with Crippen LogP contribution in [0.2, 0.25) is 0 Å². The number of piperazine rings is 1. The summed E-state index contributed by atoms with van der Waals surface area (Å²) in [6.45, 7) is 11.2. The van der Waals surface area contributed by atoms with Crippen LogP contribution in [-0.4, -0.2) is 61.6 Å². The predicted octanol–water partition coefficient (Wildman–Crippen LogP) is 2.87. The summed E-state index contributed by atoms with van der Waals surface area (Å²) in [5.41, 5.74) is 1.57. The SMILES string of the molecule is CCCNC(=O)N1CCN(C(=O)c2ccc(OC)c(C(C)(C)C)c2)CC1. The molecular formula is C20H31N3O3. The Morgan fingerprint density at radius 1 is 1.12 bits per heavy atom. The van der Waals surface area contributed by atoms with Crippen LogP contribution in [-0.2, 0) is 5.41 Å². The minimum Gasteiger partial charge on any atom is -0.496 e. The maximum atomic E-state index is 12.9. The first-order chi connectivity index (χ1) is 12.3. The zero-order valence-electron chi connectivity index (χ0n) is 16.6. The molecule has 0 atom stereocenters. The van der Waals surface area contributed by atoms with E-state index in [2.05, 4.69) is 26.1 Å². The van der Waals surface area contributed by atoms with Crippen LogP contribution in [0.15, 0.2) is 18.2 Å². The van der Waals surface area contributed by atoms with Crippen LogP contribution in [0.25, 0.3) is 0 Å². The summed E-state index contributed by atoms with van der Waals surface area (Å²) in [7, 11) is 1.65. The largest absolute Gasteiger partial charge is 0.496 e. The standard InChI is InChI=1S/C20H31N3O3/c1-6-9-21-19(25)23-12-10-22(11-13-23)18(24)15-7-8-17(26-5)16(14-15)20(2,3)4/h7-8,14H,6,9-13H2,1-5H3,(H,21,25). The summed E-state index contributed by atoms with van der Waals surface area (Å²) in [4.78, 5) is 28.5. The number of nitrogens with one attached hydrogen (secondary N) is 1. The Bertz CT molecular complexity index is 644. The molecule has 144 valence electrons. The molecule has 1 aliphatic rings. The van der Waals surface area contributed by atoms with Crippen molar-refractivity contribution in [1.82, 2.24) is 15.1 Å². The third kappa shape index (κ3) is 4.68. The van der Waals surface area contributed by atoms with Gasteiger partial charge in [0.2, 0.25) is 0 Å². The molecule has 0 radical (unpaired) electrons. The van der Waals surface area contributed by atoms with Crippen LogP contribution >= 0.6 is 0 Å². The number of methoxy groups -OCH3 is 1. The molecule has 1 N–H and O–H groups in total. The third-order valence-electron chi connectivity index (χ3n) is 4.63. The van der Waals surface area contributed by atoms with E-state index in [1.165, 1.54) is 0 Å². The lowest BCUT2D eigenvalue weighted by atomic mass is 9.85. The lowest BCUT2D eigenvalue weighted by molar-refractivity contribution is 0.0665. The van der Waals surface area contributed by atoms with Gasteiger partial charge < -0.3 is 19.9 Å². The summed E-state index contributed by atoms with van der Waals surface area (Å²) < 4.78 is 5.45. The van der Waals surface area contributed by atoms with Gasteiger partial charge in [-0.2, -0.15) is 0 Å². The first-order valence-electron chi connectivity index (χ1n) is 9.28. The van der Waals surface area contributed by atoms with Gasteiger partial charge in [0.1, 0.15) is 5.75 Å². The third-order valence-corrected chi connectivity index (χ3v) is 4.63. The van der Waals surface area contributed by atoms with Gasteiger partial charge in [-0.3, -0.25) is 4.79 Å². The van der Waals surface area contributed by atoms with E-state index >= 15 is 0 Å². The van der Waals surface area contributed by atoms with Gasteiger partial charge in [-0.25, -0.2) is 4.79 Å². The number of hydrogen-bond donors (Lipinski definition) is 1. The molecule has 0 spiro atoms. The Labute approximate surface area is 156 Å². The Balaban J connectivity index is 2.06. The summed E-state index contributed by atoms with van der Waals surface area (Å²) in [5, 5.41) is 2.88. The van der Waals surface area contributed by atoms with E-state index in [0.29, 0.717) is 38.3 Å². The number of ether oxygens (including phenoxy) is 1. The predicted molar refractivity (Wildman–Crippen MR) is 103 cm³/mol. The van der Waals surface area contributed by atoms with E-state index < -0.39 is 0 Å². The zero-order valence-corrected chi connectivity index (χ0v) is 16.6. The number of nitrogens with zero attached hydrogens (tertiary/aromatic N) is 2. The van der Waals surface area contributed by atoms with E-state index in [-0.39, 0.29) is 17.4 Å². The summed E-state index contributed by atoms with van der Waals surface area (Å²) in [6.07, 6.45) is 0.914. The van der Waals surface area contributed by atoms with Crippen LogP contribution in [0.3, 0.4) is 0 Å².